The maximum Gasteiger partial charge on any atom is 0.0373 e. The van der Waals surface area contributed by atoms with Gasteiger partial charge in [-0.05, 0) is 29.5 Å². The monoisotopic (exact) mass is 163 g/mol. The van der Waals surface area contributed by atoms with Gasteiger partial charge in [0.15, 0.2) is 0 Å². The van der Waals surface area contributed by atoms with Crippen molar-refractivity contribution >= 4 is 5.69 Å². The average molecular weight is 163 g/mol. The van der Waals surface area contributed by atoms with E-state index in [1.54, 1.807) is 0 Å². The van der Waals surface area contributed by atoms with Crippen LogP contribution >= 0.6 is 0 Å². The topological polar surface area (TPSA) is 12.0 Å². The Morgan fingerprint density at radius 3 is 3.00 bits per heavy atom. The molecule has 1 heteroatoms. The van der Waals surface area contributed by atoms with Crippen molar-refractivity contribution in [3.05, 3.63) is 29.3 Å². The molecule has 1 aromatic rings. The molecule has 0 bridgehead atoms. The molecule has 1 aliphatic heterocycles. The van der Waals surface area contributed by atoms with Crippen molar-refractivity contribution in [1.29, 1.82) is 0 Å². The fourth-order valence-electron chi connectivity index (χ4n) is 1.68. The Labute approximate surface area is 75.3 Å². The van der Waals surface area contributed by atoms with Crippen molar-refractivity contribution in [3.63, 3.8) is 0 Å². The fraction of sp³-hybridized carbons (Fsp3) is 0.455. The Morgan fingerprint density at radius 2 is 2.25 bits per heavy atom. The molecule has 1 nitrogen and oxygen atoms in total. The van der Waals surface area contributed by atoms with E-state index >= 15 is 0 Å². The van der Waals surface area contributed by atoms with Crippen LogP contribution in [0.2, 0.25) is 0 Å². The number of hydrogen-bond acceptors (Lipinski definition) is 1. The summed E-state index contributed by atoms with van der Waals surface area (Å²) < 4.78 is 0. The quantitative estimate of drug-likeness (QED) is 0.671. The Hall–Kier alpha value is -0.980. The summed E-state index contributed by atoms with van der Waals surface area (Å²) in [5.41, 5.74) is 4.28. The second-order valence-electron chi connectivity index (χ2n) is 3.75. The summed E-state index contributed by atoms with van der Waals surface area (Å²) in [7, 11) is 0. The number of hydrogen-bond donors (Lipinski definition) is 1. The van der Waals surface area contributed by atoms with Gasteiger partial charge in [0.2, 0.25) is 0 Å². The van der Waals surface area contributed by atoms with Gasteiger partial charge in [-0.25, -0.2) is 0 Å². The van der Waals surface area contributed by atoms with Crippen LogP contribution < -0.4 is 5.32 Å². The molecule has 0 saturated heterocycles. The van der Waals surface area contributed by atoms with E-state index in [2.05, 4.69) is 37.4 Å². The van der Waals surface area contributed by atoms with Crippen molar-refractivity contribution in [2.24, 2.45) is 0 Å². The highest BCUT2D eigenvalue weighted by molar-refractivity contribution is 5.56. The van der Waals surface area contributed by atoms with Crippen molar-refractivity contribution in [2.75, 3.05) is 11.9 Å². The van der Waals surface area contributed by atoms with Gasteiger partial charge < -0.3 is 5.32 Å². The molecule has 66 valence electrons. The Morgan fingerprint density at radius 1 is 1.42 bits per heavy atom. The fourth-order valence-corrected chi connectivity index (χ4v) is 1.68. The molecule has 0 radical (unpaired) electrons. The lowest BCUT2D eigenvalue weighted by Gasteiger charge is -2.07. The first kappa shape index (κ1) is 7.66. The lowest BCUT2D eigenvalue weighted by atomic mass is 10.00. The van der Waals surface area contributed by atoms with E-state index in [1.807, 2.05) is 0 Å². The van der Waals surface area contributed by atoms with Gasteiger partial charge in [-0.2, -0.15) is 0 Å². The lowest BCUT2D eigenvalue weighted by molar-refractivity contribution is 0.864. The van der Waals surface area contributed by atoms with E-state index in [0.717, 1.165) is 6.54 Å². The summed E-state index contributed by atoms with van der Waals surface area (Å²) in [6.07, 6.45) is 1.19. The first-order valence-corrected chi connectivity index (χ1v) is 4.64. The Kier molecular flexibility index (Phi) is 1.80. The molecule has 0 amide bonds. The second-order valence-corrected chi connectivity index (χ2v) is 3.75. The zero-order chi connectivity index (χ0) is 8.55. The Balaban J connectivity index is 0.000000845. The average Bonchev–Trinajstić information content (AvgIpc) is 2.49. The van der Waals surface area contributed by atoms with Crippen LogP contribution in [0.1, 0.15) is 32.3 Å². The van der Waals surface area contributed by atoms with Crippen LogP contribution in [0, 0.1) is 0 Å². The molecule has 0 fully saturated rings. The molecule has 1 heterocycles. The molecule has 0 atom stereocenters. The van der Waals surface area contributed by atoms with Crippen LogP contribution in [0.3, 0.4) is 0 Å². The van der Waals surface area contributed by atoms with Crippen LogP contribution in [-0.4, -0.2) is 6.54 Å². The van der Waals surface area contributed by atoms with Gasteiger partial charge in [0.25, 0.3) is 0 Å². The summed E-state index contributed by atoms with van der Waals surface area (Å²) in [5, 5.41) is 3.37. The summed E-state index contributed by atoms with van der Waals surface area (Å²) in [6.45, 7) is 5.59. The predicted octanol–water partition coefficient (Wildman–Crippen LogP) is 3.02. The van der Waals surface area contributed by atoms with Crippen LogP contribution in [-0.2, 0) is 6.42 Å². The minimum Gasteiger partial charge on any atom is -0.384 e. The SMILES string of the molecule is CC(C)c1ccc2c(c1)CCN2.[HH]. The van der Waals surface area contributed by atoms with Gasteiger partial charge in [-0.15, -0.1) is 0 Å². The highest BCUT2D eigenvalue weighted by Gasteiger charge is 2.10. The van der Waals surface area contributed by atoms with E-state index in [4.69, 9.17) is 0 Å². The van der Waals surface area contributed by atoms with E-state index < -0.39 is 0 Å². The van der Waals surface area contributed by atoms with E-state index in [9.17, 15) is 0 Å². The van der Waals surface area contributed by atoms with Gasteiger partial charge in [-0.1, -0.05) is 26.0 Å². The van der Waals surface area contributed by atoms with Gasteiger partial charge in [0.1, 0.15) is 0 Å². The largest absolute Gasteiger partial charge is 0.384 e. The highest BCUT2D eigenvalue weighted by Crippen LogP contribution is 2.25. The molecule has 1 aliphatic rings. The normalized spacial score (nSPS) is 14.6. The van der Waals surface area contributed by atoms with Gasteiger partial charge in [-0.3, -0.25) is 0 Å². The third-order valence-corrected chi connectivity index (χ3v) is 2.51. The van der Waals surface area contributed by atoms with Crippen LogP contribution in [0.25, 0.3) is 0 Å². The summed E-state index contributed by atoms with van der Waals surface area (Å²) in [4.78, 5) is 0. The highest BCUT2D eigenvalue weighted by atomic mass is 14.9. The zero-order valence-corrected chi connectivity index (χ0v) is 7.72. The smallest absolute Gasteiger partial charge is 0.0373 e. The number of fused-ring (bicyclic) bond motifs is 1. The summed E-state index contributed by atoms with van der Waals surface area (Å²) in [6, 6.07) is 6.76. The molecule has 12 heavy (non-hydrogen) atoms. The summed E-state index contributed by atoms with van der Waals surface area (Å²) in [5.74, 6) is 0.649. The number of anilines is 1. The van der Waals surface area contributed by atoms with Crippen LogP contribution in [0.15, 0.2) is 18.2 Å². The molecule has 1 aromatic carbocycles. The third kappa shape index (κ3) is 1.20. The molecule has 0 unspecified atom stereocenters. The van der Waals surface area contributed by atoms with E-state index in [1.165, 1.54) is 23.2 Å². The molecular formula is C11H17N. The maximum absolute atomic E-state index is 3.37. The van der Waals surface area contributed by atoms with E-state index in [0.29, 0.717) is 5.92 Å². The number of benzene rings is 1. The predicted molar refractivity (Wildman–Crippen MR) is 54.8 cm³/mol. The van der Waals surface area contributed by atoms with Crippen LogP contribution in [0.4, 0.5) is 5.69 Å². The van der Waals surface area contributed by atoms with Crippen molar-refractivity contribution < 1.29 is 1.43 Å². The number of nitrogens with one attached hydrogen (secondary N) is 1. The molecular weight excluding hydrogens is 146 g/mol. The zero-order valence-electron chi connectivity index (χ0n) is 7.72. The standard InChI is InChI=1S/C11H15N.H2/c1-8(2)9-3-4-11-10(7-9)5-6-12-11;/h3-4,7-8,12H,5-6H2,1-2H3;1H. The van der Waals surface area contributed by atoms with Gasteiger partial charge in [0, 0.05) is 13.7 Å². The summed E-state index contributed by atoms with van der Waals surface area (Å²) >= 11 is 0. The minimum absolute atomic E-state index is 0. The maximum atomic E-state index is 3.37. The van der Waals surface area contributed by atoms with Crippen LogP contribution in [0.5, 0.6) is 0 Å². The van der Waals surface area contributed by atoms with Crippen molar-refractivity contribution in [2.45, 2.75) is 26.2 Å². The molecule has 1 N–H and O–H groups in total. The first-order chi connectivity index (χ1) is 5.77. The van der Waals surface area contributed by atoms with Gasteiger partial charge in [0.05, 0.1) is 0 Å². The molecule has 0 spiro atoms. The second kappa shape index (κ2) is 2.81. The van der Waals surface area contributed by atoms with Crippen molar-refractivity contribution in [1.82, 2.24) is 0 Å². The molecule has 0 aromatic heterocycles. The first-order valence-electron chi connectivity index (χ1n) is 4.64. The van der Waals surface area contributed by atoms with Crippen molar-refractivity contribution in [3.8, 4) is 0 Å². The lowest BCUT2D eigenvalue weighted by Crippen LogP contribution is -1.90. The Bertz CT molecular complexity index is 294. The van der Waals surface area contributed by atoms with E-state index in [-0.39, 0.29) is 1.43 Å². The third-order valence-electron chi connectivity index (χ3n) is 2.51. The minimum atomic E-state index is 0. The van der Waals surface area contributed by atoms with Gasteiger partial charge >= 0.3 is 0 Å². The molecule has 2 rings (SSSR count). The number of rotatable bonds is 1. The molecule has 0 saturated carbocycles. The molecule has 0 aliphatic carbocycles.